The molecule has 0 amide bonds. The van der Waals surface area contributed by atoms with E-state index >= 15 is 0 Å². The van der Waals surface area contributed by atoms with Crippen LogP contribution in [0.25, 0.3) is 11.1 Å². The molecule has 0 heteroatoms. The molecule has 4 aromatic rings. The predicted molar refractivity (Wildman–Crippen MR) is 130 cm³/mol. The summed E-state index contributed by atoms with van der Waals surface area (Å²) >= 11 is 0. The summed E-state index contributed by atoms with van der Waals surface area (Å²) in [5, 5.41) is 0. The van der Waals surface area contributed by atoms with Crippen molar-refractivity contribution in [3.8, 4) is 0 Å². The molecule has 0 saturated heterocycles. The van der Waals surface area contributed by atoms with E-state index in [1.54, 1.807) is 11.1 Å². The molecule has 0 bridgehead atoms. The normalized spacial score (nSPS) is 14.7. The first-order valence-electron chi connectivity index (χ1n) is 11.1. The van der Waals surface area contributed by atoms with Gasteiger partial charge in [0.15, 0.2) is 0 Å². The van der Waals surface area contributed by atoms with E-state index in [-0.39, 0.29) is 0 Å². The Balaban J connectivity index is 1.50. The Hall–Kier alpha value is -3.64. The average Bonchev–Trinajstić information content (AvgIpc) is 3.38. The first-order valence-corrected chi connectivity index (χ1v) is 11.1. The standard InChI is InChI=1S/C31H24/c1-3-11-22(12-4-1)30-26(19-24-15-7-9-17-28(24)30)21-27-20-25-16-8-10-18-29(25)31(27)23-13-5-2-6-14-23/h1-18H,19-21H2. The Labute approximate surface area is 184 Å². The average molecular weight is 397 g/mol. The lowest BCUT2D eigenvalue weighted by atomic mass is 9.91. The monoisotopic (exact) mass is 396 g/mol. The third kappa shape index (κ3) is 3.16. The van der Waals surface area contributed by atoms with E-state index in [2.05, 4.69) is 109 Å². The molecule has 0 fully saturated rings. The van der Waals surface area contributed by atoms with Crippen molar-refractivity contribution in [1.29, 1.82) is 0 Å². The fourth-order valence-corrected chi connectivity index (χ4v) is 5.34. The van der Waals surface area contributed by atoms with Gasteiger partial charge in [0.25, 0.3) is 0 Å². The van der Waals surface area contributed by atoms with Gasteiger partial charge >= 0.3 is 0 Å². The molecule has 0 unspecified atom stereocenters. The lowest BCUT2D eigenvalue weighted by molar-refractivity contribution is 1.01. The largest absolute Gasteiger partial charge is 0.0622 e. The van der Waals surface area contributed by atoms with Crippen LogP contribution in [0.2, 0.25) is 0 Å². The molecule has 0 atom stereocenters. The maximum atomic E-state index is 2.29. The molecule has 0 aromatic heterocycles. The van der Waals surface area contributed by atoms with E-state index in [1.807, 2.05) is 0 Å². The van der Waals surface area contributed by atoms with Crippen LogP contribution in [0.5, 0.6) is 0 Å². The topological polar surface area (TPSA) is 0 Å². The fourth-order valence-electron chi connectivity index (χ4n) is 5.34. The van der Waals surface area contributed by atoms with Gasteiger partial charge in [-0.1, -0.05) is 120 Å². The summed E-state index contributed by atoms with van der Waals surface area (Å²) < 4.78 is 0. The Bertz CT molecular complexity index is 1220. The third-order valence-corrected chi connectivity index (χ3v) is 6.64. The van der Waals surface area contributed by atoms with Crippen LogP contribution in [0.3, 0.4) is 0 Å². The predicted octanol–water partition coefficient (Wildman–Crippen LogP) is 7.49. The molecule has 0 aliphatic heterocycles. The van der Waals surface area contributed by atoms with Crippen molar-refractivity contribution in [3.05, 3.63) is 154 Å². The van der Waals surface area contributed by atoms with Gasteiger partial charge in [-0.15, -0.1) is 0 Å². The van der Waals surface area contributed by atoms with Crippen LogP contribution in [-0.4, -0.2) is 0 Å². The molecule has 0 nitrogen and oxygen atoms in total. The maximum Gasteiger partial charge on any atom is -0.00483 e. The van der Waals surface area contributed by atoms with Crippen LogP contribution in [0, 0.1) is 0 Å². The van der Waals surface area contributed by atoms with E-state index in [4.69, 9.17) is 0 Å². The first kappa shape index (κ1) is 18.2. The van der Waals surface area contributed by atoms with Crippen LogP contribution in [0.1, 0.15) is 39.8 Å². The molecule has 148 valence electrons. The van der Waals surface area contributed by atoms with E-state index < -0.39 is 0 Å². The van der Waals surface area contributed by atoms with Crippen LogP contribution in [-0.2, 0) is 12.8 Å². The van der Waals surface area contributed by atoms with Gasteiger partial charge < -0.3 is 0 Å². The highest BCUT2D eigenvalue weighted by Crippen LogP contribution is 2.44. The van der Waals surface area contributed by atoms with Crippen LogP contribution >= 0.6 is 0 Å². The van der Waals surface area contributed by atoms with Gasteiger partial charge in [0.1, 0.15) is 0 Å². The quantitative estimate of drug-likeness (QED) is 0.335. The van der Waals surface area contributed by atoms with Crippen LogP contribution in [0.15, 0.2) is 120 Å². The number of rotatable bonds is 4. The molecule has 6 rings (SSSR count). The van der Waals surface area contributed by atoms with Crippen molar-refractivity contribution in [2.45, 2.75) is 19.3 Å². The second-order valence-corrected chi connectivity index (χ2v) is 8.53. The minimum atomic E-state index is 1.03. The molecular weight excluding hydrogens is 372 g/mol. The summed E-state index contributed by atoms with van der Waals surface area (Å²) in [7, 11) is 0. The van der Waals surface area contributed by atoms with Gasteiger partial charge in [-0.3, -0.25) is 0 Å². The van der Waals surface area contributed by atoms with E-state index in [0.29, 0.717) is 0 Å². The van der Waals surface area contributed by atoms with Crippen molar-refractivity contribution in [2.24, 2.45) is 0 Å². The Morgan fingerprint density at radius 3 is 1.26 bits per heavy atom. The zero-order valence-electron chi connectivity index (χ0n) is 17.5. The Morgan fingerprint density at radius 2 is 0.806 bits per heavy atom. The molecule has 4 aromatic carbocycles. The summed E-state index contributed by atoms with van der Waals surface area (Å²) in [6.07, 6.45) is 3.11. The summed E-state index contributed by atoms with van der Waals surface area (Å²) in [6.45, 7) is 0. The molecular formula is C31H24. The summed E-state index contributed by atoms with van der Waals surface area (Å²) in [5.74, 6) is 0. The SMILES string of the molecule is c1ccc(C2=C(CC3=C(c4ccccc4)c4ccccc4C3)Cc3ccccc32)cc1. The molecule has 0 spiro atoms. The van der Waals surface area contributed by atoms with Gasteiger partial charge in [-0.05, 0) is 63.8 Å². The lowest BCUT2D eigenvalue weighted by Gasteiger charge is -2.13. The van der Waals surface area contributed by atoms with Crippen molar-refractivity contribution in [3.63, 3.8) is 0 Å². The zero-order valence-corrected chi connectivity index (χ0v) is 17.5. The molecule has 31 heavy (non-hydrogen) atoms. The second-order valence-electron chi connectivity index (χ2n) is 8.53. The zero-order chi connectivity index (χ0) is 20.6. The minimum absolute atomic E-state index is 1.03. The number of benzene rings is 4. The molecule has 0 radical (unpaired) electrons. The minimum Gasteiger partial charge on any atom is -0.0622 e. The maximum absolute atomic E-state index is 2.29. The third-order valence-electron chi connectivity index (χ3n) is 6.64. The Morgan fingerprint density at radius 1 is 0.419 bits per heavy atom. The second kappa shape index (κ2) is 7.56. The Kier molecular flexibility index (Phi) is 4.43. The van der Waals surface area contributed by atoms with Crippen molar-refractivity contribution >= 4 is 11.1 Å². The molecule has 2 aliphatic carbocycles. The first-order chi connectivity index (χ1) is 15.4. The summed E-state index contributed by atoms with van der Waals surface area (Å²) in [4.78, 5) is 0. The molecule has 0 saturated carbocycles. The highest BCUT2D eigenvalue weighted by atomic mass is 14.3. The number of fused-ring (bicyclic) bond motifs is 2. The highest BCUT2D eigenvalue weighted by molar-refractivity contribution is 5.90. The molecule has 0 N–H and O–H groups in total. The smallest absolute Gasteiger partial charge is 0.00483 e. The van der Waals surface area contributed by atoms with Crippen molar-refractivity contribution < 1.29 is 0 Å². The number of hydrogen-bond donors (Lipinski definition) is 0. The summed E-state index contributed by atoms with van der Waals surface area (Å²) in [6, 6.07) is 39.7. The van der Waals surface area contributed by atoms with Gasteiger partial charge in [0.05, 0.1) is 0 Å². The van der Waals surface area contributed by atoms with Crippen molar-refractivity contribution in [1.82, 2.24) is 0 Å². The van der Waals surface area contributed by atoms with Crippen LogP contribution in [0.4, 0.5) is 0 Å². The van der Waals surface area contributed by atoms with Crippen LogP contribution < -0.4 is 0 Å². The molecule has 2 aliphatic rings. The summed E-state index contributed by atoms with van der Waals surface area (Å²) in [5.41, 5.74) is 14.3. The van der Waals surface area contributed by atoms with E-state index in [9.17, 15) is 0 Å². The van der Waals surface area contributed by atoms with Gasteiger partial charge in [-0.2, -0.15) is 0 Å². The van der Waals surface area contributed by atoms with Gasteiger partial charge in [0, 0.05) is 0 Å². The van der Waals surface area contributed by atoms with E-state index in [0.717, 1.165) is 19.3 Å². The number of allylic oxidation sites excluding steroid dienone is 2. The lowest BCUT2D eigenvalue weighted by Crippen LogP contribution is -1.95. The van der Waals surface area contributed by atoms with Gasteiger partial charge in [0.2, 0.25) is 0 Å². The van der Waals surface area contributed by atoms with Gasteiger partial charge in [-0.25, -0.2) is 0 Å². The highest BCUT2D eigenvalue weighted by Gasteiger charge is 2.27. The molecule has 0 heterocycles. The van der Waals surface area contributed by atoms with E-state index in [1.165, 1.54) is 44.5 Å². The fraction of sp³-hybridized carbons (Fsp3) is 0.0968. The number of hydrogen-bond acceptors (Lipinski definition) is 0. The van der Waals surface area contributed by atoms with Crippen molar-refractivity contribution in [2.75, 3.05) is 0 Å².